The van der Waals surface area contributed by atoms with E-state index in [-0.39, 0.29) is 5.69 Å². The number of carbonyl (C=O) groups excluding carboxylic acids is 1. The van der Waals surface area contributed by atoms with Gasteiger partial charge in [-0.2, -0.15) is 0 Å². The highest BCUT2D eigenvalue weighted by atomic mass is 32.1. The SMILES string of the molecule is CC(=O)O/N=C(\C)c1ccc2c(c1)sc1cc([N+](=O)[O-])ccc12. The van der Waals surface area contributed by atoms with E-state index in [0.717, 1.165) is 25.7 Å². The molecule has 0 N–H and O–H groups in total. The molecule has 0 atom stereocenters. The van der Waals surface area contributed by atoms with Gasteiger partial charge in [0.05, 0.1) is 10.6 Å². The van der Waals surface area contributed by atoms with E-state index in [4.69, 9.17) is 0 Å². The van der Waals surface area contributed by atoms with Crippen LogP contribution < -0.4 is 0 Å². The lowest BCUT2D eigenvalue weighted by molar-refractivity contribution is -0.384. The maximum Gasteiger partial charge on any atom is 0.331 e. The second kappa shape index (κ2) is 5.77. The van der Waals surface area contributed by atoms with Gasteiger partial charge in [0.1, 0.15) is 0 Å². The fourth-order valence-corrected chi connectivity index (χ4v) is 3.47. The van der Waals surface area contributed by atoms with Crippen molar-refractivity contribution in [2.45, 2.75) is 13.8 Å². The summed E-state index contributed by atoms with van der Waals surface area (Å²) in [5, 5.41) is 16.7. The smallest absolute Gasteiger partial charge is 0.318 e. The van der Waals surface area contributed by atoms with E-state index >= 15 is 0 Å². The van der Waals surface area contributed by atoms with Crippen LogP contribution in [0.1, 0.15) is 19.4 Å². The molecule has 0 aliphatic carbocycles. The van der Waals surface area contributed by atoms with Crippen LogP contribution in [0.3, 0.4) is 0 Å². The van der Waals surface area contributed by atoms with Crippen LogP contribution >= 0.6 is 11.3 Å². The largest absolute Gasteiger partial charge is 0.331 e. The molecule has 0 fully saturated rings. The van der Waals surface area contributed by atoms with Crippen molar-refractivity contribution in [2.75, 3.05) is 0 Å². The van der Waals surface area contributed by atoms with Crippen LogP contribution in [0.2, 0.25) is 0 Å². The Bertz CT molecular complexity index is 975. The summed E-state index contributed by atoms with van der Waals surface area (Å²) >= 11 is 1.48. The number of benzene rings is 2. The zero-order valence-corrected chi connectivity index (χ0v) is 13.2. The first kappa shape index (κ1) is 15.1. The molecule has 0 unspecified atom stereocenters. The van der Waals surface area contributed by atoms with Crippen molar-refractivity contribution in [2.24, 2.45) is 5.16 Å². The van der Waals surface area contributed by atoms with Gasteiger partial charge in [-0.15, -0.1) is 11.3 Å². The Morgan fingerprint density at radius 1 is 1.13 bits per heavy atom. The second-order valence-corrected chi connectivity index (χ2v) is 6.09. The molecule has 6 nitrogen and oxygen atoms in total. The van der Waals surface area contributed by atoms with Crippen LogP contribution in [0.15, 0.2) is 41.6 Å². The minimum atomic E-state index is -0.473. The molecule has 0 amide bonds. The van der Waals surface area contributed by atoms with Crippen molar-refractivity contribution < 1.29 is 14.6 Å². The van der Waals surface area contributed by atoms with Crippen molar-refractivity contribution in [1.82, 2.24) is 0 Å². The van der Waals surface area contributed by atoms with Gasteiger partial charge in [-0.05, 0) is 19.1 Å². The Balaban J connectivity index is 2.09. The predicted molar refractivity (Wildman–Crippen MR) is 90.0 cm³/mol. The molecule has 0 saturated carbocycles. The highest BCUT2D eigenvalue weighted by Gasteiger charge is 2.11. The topological polar surface area (TPSA) is 81.8 Å². The number of fused-ring (bicyclic) bond motifs is 3. The lowest BCUT2D eigenvalue weighted by Crippen LogP contribution is -1.99. The van der Waals surface area contributed by atoms with Crippen molar-refractivity contribution >= 4 is 48.9 Å². The van der Waals surface area contributed by atoms with Gasteiger partial charge >= 0.3 is 5.97 Å². The number of hydrogen-bond donors (Lipinski definition) is 0. The van der Waals surface area contributed by atoms with Gasteiger partial charge in [0, 0.05) is 44.8 Å². The van der Waals surface area contributed by atoms with E-state index in [1.165, 1.54) is 24.3 Å². The van der Waals surface area contributed by atoms with Crippen LogP contribution in [0.4, 0.5) is 5.69 Å². The van der Waals surface area contributed by atoms with Crippen molar-refractivity contribution in [3.05, 3.63) is 52.1 Å². The standard InChI is InChI=1S/C16H12N2O4S/c1-9(17-22-10(2)19)11-3-5-13-14-6-4-12(18(20)21)8-16(14)23-15(13)7-11/h3-8H,1-2H3/b17-9+. The third-order valence-electron chi connectivity index (χ3n) is 3.40. The van der Waals surface area contributed by atoms with Gasteiger partial charge < -0.3 is 4.84 Å². The Morgan fingerprint density at radius 3 is 2.43 bits per heavy atom. The number of rotatable bonds is 3. The summed E-state index contributed by atoms with van der Waals surface area (Å²) in [5.41, 5.74) is 1.50. The predicted octanol–water partition coefficient (Wildman–Crippen LogP) is 4.25. The third-order valence-corrected chi connectivity index (χ3v) is 4.51. The first-order valence-electron chi connectivity index (χ1n) is 6.79. The van der Waals surface area contributed by atoms with Crippen molar-refractivity contribution in [3.63, 3.8) is 0 Å². The molecule has 0 bridgehead atoms. The van der Waals surface area contributed by atoms with E-state index in [1.807, 2.05) is 18.2 Å². The number of nitro benzene ring substituents is 1. The highest BCUT2D eigenvalue weighted by Crippen LogP contribution is 2.36. The summed E-state index contributed by atoms with van der Waals surface area (Å²) in [6, 6.07) is 10.6. The van der Waals surface area contributed by atoms with Crippen molar-refractivity contribution in [3.8, 4) is 0 Å². The molecule has 0 saturated heterocycles. The first-order valence-corrected chi connectivity index (χ1v) is 7.60. The number of nitrogens with zero attached hydrogens (tertiary/aromatic N) is 2. The monoisotopic (exact) mass is 328 g/mol. The molecule has 116 valence electrons. The quantitative estimate of drug-likeness (QED) is 0.311. The van der Waals surface area contributed by atoms with Crippen LogP contribution in [0.25, 0.3) is 20.2 Å². The summed E-state index contributed by atoms with van der Waals surface area (Å²) in [7, 11) is 0. The summed E-state index contributed by atoms with van der Waals surface area (Å²) in [4.78, 5) is 25.9. The van der Waals surface area contributed by atoms with E-state index in [1.54, 1.807) is 19.1 Å². The van der Waals surface area contributed by atoms with E-state index in [2.05, 4.69) is 9.99 Å². The number of hydrogen-bond acceptors (Lipinski definition) is 6. The van der Waals surface area contributed by atoms with Gasteiger partial charge in [0.2, 0.25) is 0 Å². The summed E-state index contributed by atoms with van der Waals surface area (Å²) in [5.74, 6) is -0.473. The zero-order valence-electron chi connectivity index (χ0n) is 12.4. The van der Waals surface area contributed by atoms with E-state index in [0.29, 0.717) is 5.71 Å². The molecule has 7 heteroatoms. The fourth-order valence-electron chi connectivity index (χ4n) is 2.29. The molecule has 0 aliphatic rings. The average molecular weight is 328 g/mol. The number of non-ortho nitro benzene ring substituents is 1. The molecule has 1 heterocycles. The molecule has 1 aromatic heterocycles. The van der Waals surface area contributed by atoms with Crippen LogP contribution in [0, 0.1) is 10.1 Å². The van der Waals surface area contributed by atoms with Gasteiger partial charge in [0.25, 0.3) is 5.69 Å². The minimum absolute atomic E-state index is 0.0804. The zero-order chi connectivity index (χ0) is 16.6. The number of nitro groups is 1. The fraction of sp³-hybridized carbons (Fsp3) is 0.125. The van der Waals surface area contributed by atoms with Crippen LogP contribution in [-0.4, -0.2) is 16.6 Å². The van der Waals surface area contributed by atoms with Gasteiger partial charge in [0.15, 0.2) is 0 Å². The molecular formula is C16H12N2O4S. The second-order valence-electron chi connectivity index (χ2n) is 5.01. The molecule has 3 aromatic rings. The molecule has 0 spiro atoms. The molecule has 3 rings (SSSR count). The lowest BCUT2D eigenvalue weighted by atomic mass is 10.1. The Hall–Kier alpha value is -2.80. The number of thiophene rings is 1. The highest BCUT2D eigenvalue weighted by molar-refractivity contribution is 7.25. The molecule has 0 radical (unpaired) electrons. The van der Waals surface area contributed by atoms with Gasteiger partial charge in [-0.25, -0.2) is 4.79 Å². The molecule has 23 heavy (non-hydrogen) atoms. The first-order chi connectivity index (χ1) is 11.0. The minimum Gasteiger partial charge on any atom is -0.318 e. The van der Waals surface area contributed by atoms with Gasteiger partial charge in [-0.3, -0.25) is 10.1 Å². The maximum atomic E-state index is 10.9. The van der Waals surface area contributed by atoms with Gasteiger partial charge in [-0.1, -0.05) is 17.3 Å². The van der Waals surface area contributed by atoms with Crippen LogP contribution in [-0.2, 0) is 9.63 Å². The summed E-state index contributed by atoms with van der Waals surface area (Å²) in [6.07, 6.45) is 0. The number of oxime groups is 1. The Kier molecular flexibility index (Phi) is 3.79. The molecule has 0 aliphatic heterocycles. The van der Waals surface area contributed by atoms with Crippen LogP contribution in [0.5, 0.6) is 0 Å². The third kappa shape index (κ3) is 2.91. The summed E-state index contributed by atoms with van der Waals surface area (Å²) < 4.78 is 1.86. The normalized spacial score (nSPS) is 11.8. The average Bonchev–Trinajstić information content (AvgIpc) is 2.88. The molecular weight excluding hydrogens is 316 g/mol. The molecule has 2 aromatic carbocycles. The summed E-state index contributed by atoms with van der Waals surface area (Å²) in [6.45, 7) is 3.04. The van der Waals surface area contributed by atoms with E-state index in [9.17, 15) is 14.9 Å². The van der Waals surface area contributed by atoms with Crippen molar-refractivity contribution in [1.29, 1.82) is 0 Å². The maximum absolute atomic E-state index is 10.9. The van der Waals surface area contributed by atoms with E-state index < -0.39 is 10.9 Å². The Labute approximate surface area is 135 Å². The number of carbonyl (C=O) groups is 1. The Morgan fingerprint density at radius 2 is 1.78 bits per heavy atom. The lowest BCUT2D eigenvalue weighted by Gasteiger charge is -2.00.